The molecule has 1 aliphatic heterocycles. The number of carbonyl (C=O) groups excluding carboxylic acids is 1. The maximum Gasteiger partial charge on any atom is 0.276 e. The lowest BCUT2D eigenvalue weighted by Crippen LogP contribution is -2.42. The molecule has 1 saturated heterocycles. The van der Waals surface area contributed by atoms with E-state index in [1.807, 2.05) is 16.3 Å². The monoisotopic (exact) mass is 355 g/mol. The molecular formula is C15H22ClN5OS. The van der Waals surface area contributed by atoms with Crippen molar-refractivity contribution in [2.45, 2.75) is 32.4 Å². The minimum atomic E-state index is -0.00650. The summed E-state index contributed by atoms with van der Waals surface area (Å²) in [5.74, 6) is -0.00650. The molecule has 2 aromatic heterocycles. The molecule has 0 bridgehead atoms. The van der Waals surface area contributed by atoms with Gasteiger partial charge in [-0.15, -0.1) is 28.8 Å². The van der Waals surface area contributed by atoms with Crippen molar-refractivity contribution in [1.82, 2.24) is 25.2 Å². The van der Waals surface area contributed by atoms with E-state index in [1.54, 1.807) is 22.2 Å². The van der Waals surface area contributed by atoms with Crippen LogP contribution in [0.25, 0.3) is 0 Å². The van der Waals surface area contributed by atoms with Gasteiger partial charge in [0.15, 0.2) is 5.69 Å². The van der Waals surface area contributed by atoms with E-state index in [0.717, 1.165) is 32.5 Å². The van der Waals surface area contributed by atoms with Gasteiger partial charge in [-0.1, -0.05) is 18.2 Å². The fourth-order valence-corrected chi connectivity index (χ4v) is 3.48. The average molecular weight is 356 g/mol. The molecule has 1 N–H and O–H groups in total. The number of halogens is 1. The largest absolute Gasteiger partial charge is 0.333 e. The highest BCUT2D eigenvalue weighted by molar-refractivity contribution is 7.09. The smallest absolute Gasteiger partial charge is 0.276 e. The Kier molecular flexibility index (Phi) is 6.56. The van der Waals surface area contributed by atoms with E-state index in [-0.39, 0.29) is 24.4 Å². The van der Waals surface area contributed by atoms with Crippen molar-refractivity contribution in [2.75, 3.05) is 19.6 Å². The van der Waals surface area contributed by atoms with Gasteiger partial charge in [-0.3, -0.25) is 4.79 Å². The van der Waals surface area contributed by atoms with Gasteiger partial charge in [-0.25, -0.2) is 4.68 Å². The van der Waals surface area contributed by atoms with Gasteiger partial charge >= 0.3 is 0 Å². The summed E-state index contributed by atoms with van der Waals surface area (Å²) in [5, 5.41) is 13.5. The highest BCUT2D eigenvalue weighted by Crippen LogP contribution is 2.14. The molecule has 23 heavy (non-hydrogen) atoms. The zero-order valence-corrected chi connectivity index (χ0v) is 14.8. The summed E-state index contributed by atoms with van der Waals surface area (Å²) < 4.78 is 1.73. The molecule has 0 radical (unpaired) electrons. The van der Waals surface area contributed by atoms with Crippen LogP contribution in [0.4, 0.5) is 0 Å². The molecule has 1 amide bonds. The fourth-order valence-electron chi connectivity index (χ4n) is 2.78. The third-order valence-corrected chi connectivity index (χ3v) is 4.72. The summed E-state index contributed by atoms with van der Waals surface area (Å²) >= 11 is 1.68. The Morgan fingerprint density at radius 2 is 2.43 bits per heavy atom. The van der Waals surface area contributed by atoms with E-state index in [0.29, 0.717) is 12.2 Å². The third kappa shape index (κ3) is 4.31. The Morgan fingerprint density at radius 3 is 3.09 bits per heavy atom. The van der Waals surface area contributed by atoms with Crippen molar-refractivity contribution in [3.63, 3.8) is 0 Å². The molecule has 3 heterocycles. The zero-order chi connectivity index (χ0) is 15.4. The Balaban J connectivity index is 0.00000192. The fraction of sp³-hybridized carbons (Fsp3) is 0.533. The van der Waals surface area contributed by atoms with E-state index in [4.69, 9.17) is 0 Å². The molecule has 0 aliphatic carbocycles. The first-order valence-electron chi connectivity index (χ1n) is 7.72. The highest BCUT2D eigenvalue weighted by atomic mass is 35.5. The lowest BCUT2D eigenvalue weighted by atomic mass is 10.2. The van der Waals surface area contributed by atoms with Crippen LogP contribution >= 0.6 is 23.7 Å². The number of aromatic nitrogens is 3. The molecule has 0 spiro atoms. The van der Waals surface area contributed by atoms with E-state index < -0.39 is 0 Å². The molecule has 2 aromatic rings. The summed E-state index contributed by atoms with van der Waals surface area (Å²) in [6.07, 6.45) is 3.72. The van der Waals surface area contributed by atoms with Crippen LogP contribution in [-0.2, 0) is 6.54 Å². The maximum atomic E-state index is 12.7. The minimum absolute atomic E-state index is 0. The predicted molar refractivity (Wildman–Crippen MR) is 93.3 cm³/mol. The predicted octanol–water partition coefficient (Wildman–Crippen LogP) is 2.02. The topological polar surface area (TPSA) is 63.1 Å². The molecule has 1 aliphatic rings. The van der Waals surface area contributed by atoms with Crippen molar-refractivity contribution in [2.24, 2.45) is 0 Å². The van der Waals surface area contributed by atoms with Crippen molar-refractivity contribution >= 4 is 29.7 Å². The Hall–Kier alpha value is -1.44. The molecule has 1 fully saturated rings. The number of rotatable bonds is 6. The first-order valence-corrected chi connectivity index (χ1v) is 8.60. The van der Waals surface area contributed by atoms with E-state index in [1.165, 1.54) is 4.88 Å². The summed E-state index contributed by atoms with van der Waals surface area (Å²) in [5.41, 5.74) is 0.442. The van der Waals surface area contributed by atoms with Gasteiger partial charge < -0.3 is 10.2 Å². The van der Waals surface area contributed by atoms with Crippen molar-refractivity contribution in [1.29, 1.82) is 0 Å². The van der Waals surface area contributed by atoms with Crippen molar-refractivity contribution in [3.05, 3.63) is 34.3 Å². The van der Waals surface area contributed by atoms with Gasteiger partial charge in [0.05, 0.1) is 12.7 Å². The first-order chi connectivity index (χ1) is 10.8. The van der Waals surface area contributed by atoms with Crippen LogP contribution in [0.5, 0.6) is 0 Å². The number of amides is 1. The number of carbonyl (C=O) groups is 1. The molecule has 126 valence electrons. The van der Waals surface area contributed by atoms with Crippen LogP contribution in [0.2, 0.25) is 0 Å². The summed E-state index contributed by atoms with van der Waals surface area (Å²) in [6, 6.07) is 4.34. The third-order valence-electron chi connectivity index (χ3n) is 3.86. The number of hydrogen-bond donors (Lipinski definition) is 1. The number of thiophene rings is 1. The van der Waals surface area contributed by atoms with Crippen molar-refractivity contribution < 1.29 is 4.79 Å². The molecule has 3 rings (SSSR count). The van der Waals surface area contributed by atoms with Gasteiger partial charge in [-0.05, 0) is 30.8 Å². The van der Waals surface area contributed by atoms with E-state index >= 15 is 0 Å². The molecule has 6 nitrogen and oxygen atoms in total. The van der Waals surface area contributed by atoms with Gasteiger partial charge in [0, 0.05) is 24.0 Å². The number of nitrogens with one attached hydrogen (secondary N) is 1. The summed E-state index contributed by atoms with van der Waals surface area (Å²) in [4.78, 5) is 15.9. The average Bonchev–Trinajstić information content (AvgIpc) is 3.26. The van der Waals surface area contributed by atoms with Gasteiger partial charge in [-0.2, -0.15) is 0 Å². The van der Waals surface area contributed by atoms with Crippen LogP contribution in [0, 0.1) is 0 Å². The Labute approximate surface area is 146 Å². The Morgan fingerprint density at radius 1 is 1.57 bits per heavy atom. The lowest BCUT2D eigenvalue weighted by Gasteiger charge is -2.27. The lowest BCUT2D eigenvalue weighted by molar-refractivity contribution is 0.0686. The molecule has 1 unspecified atom stereocenters. The van der Waals surface area contributed by atoms with Gasteiger partial charge in [0.25, 0.3) is 5.91 Å². The quantitative estimate of drug-likeness (QED) is 0.861. The standard InChI is InChI=1S/C15H21N5OS.ClH/c1-2-7-20(12-5-6-16-9-12)15(21)14-11-19(18-17-14)10-13-4-3-8-22-13;/h3-4,8,11-12,16H,2,5-7,9-10H2,1H3;1H. The van der Waals surface area contributed by atoms with Crippen LogP contribution in [-0.4, -0.2) is 51.5 Å². The van der Waals surface area contributed by atoms with E-state index in [9.17, 15) is 4.79 Å². The second-order valence-electron chi connectivity index (χ2n) is 5.53. The molecule has 1 atom stereocenters. The number of hydrogen-bond acceptors (Lipinski definition) is 5. The zero-order valence-electron chi connectivity index (χ0n) is 13.1. The van der Waals surface area contributed by atoms with Crippen LogP contribution < -0.4 is 5.32 Å². The van der Waals surface area contributed by atoms with Gasteiger partial charge in [0.1, 0.15) is 0 Å². The van der Waals surface area contributed by atoms with E-state index in [2.05, 4.69) is 28.6 Å². The number of nitrogens with zero attached hydrogens (tertiary/aromatic N) is 4. The van der Waals surface area contributed by atoms with Crippen LogP contribution in [0.3, 0.4) is 0 Å². The second kappa shape index (κ2) is 8.42. The maximum absolute atomic E-state index is 12.7. The molecule has 0 aromatic carbocycles. The summed E-state index contributed by atoms with van der Waals surface area (Å²) in [6.45, 7) is 5.37. The normalized spacial score (nSPS) is 17.0. The highest BCUT2D eigenvalue weighted by Gasteiger charge is 2.28. The Bertz CT molecular complexity index is 609. The van der Waals surface area contributed by atoms with Gasteiger partial charge in [0.2, 0.25) is 0 Å². The molecule has 0 saturated carbocycles. The SMILES string of the molecule is CCCN(C(=O)c1cn(Cc2cccs2)nn1)C1CCNC1.Cl. The van der Waals surface area contributed by atoms with Crippen LogP contribution in [0.1, 0.15) is 35.1 Å². The van der Waals surface area contributed by atoms with Crippen molar-refractivity contribution in [3.8, 4) is 0 Å². The summed E-state index contributed by atoms with van der Waals surface area (Å²) in [7, 11) is 0. The minimum Gasteiger partial charge on any atom is -0.333 e. The molecule has 8 heteroatoms. The van der Waals surface area contributed by atoms with Crippen LogP contribution in [0.15, 0.2) is 23.7 Å². The second-order valence-corrected chi connectivity index (χ2v) is 6.56. The molecular weight excluding hydrogens is 334 g/mol. The first kappa shape index (κ1) is 17.9.